The van der Waals surface area contributed by atoms with Crippen LogP contribution in [0.25, 0.3) is 23.0 Å². The molecule has 0 aliphatic carbocycles. The van der Waals surface area contributed by atoms with E-state index in [0.717, 1.165) is 5.56 Å². The zero-order chi connectivity index (χ0) is 20.4. The van der Waals surface area contributed by atoms with Crippen LogP contribution in [0.5, 0.6) is 5.75 Å². The molecule has 10 heteroatoms. The van der Waals surface area contributed by atoms with E-state index in [-0.39, 0.29) is 16.5 Å². The Morgan fingerprint density at radius 1 is 1.07 bits per heavy atom. The number of aromatic amines is 1. The number of halogens is 1. The Bertz CT molecular complexity index is 1250. The summed E-state index contributed by atoms with van der Waals surface area (Å²) < 4.78 is 38.8. The van der Waals surface area contributed by atoms with Crippen LogP contribution >= 0.6 is 11.6 Å². The van der Waals surface area contributed by atoms with Crippen LogP contribution in [0, 0.1) is 0 Å². The van der Waals surface area contributed by atoms with Gasteiger partial charge < -0.3 is 14.1 Å². The first-order valence-electron chi connectivity index (χ1n) is 8.40. The molecule has 4 rings (SSSR count). The lowest BCUT2D eigenvalue weighted by atomic mass is 10.2. The largest absolute Gasteiger partial charge is 0.495 e. The zero-order valence-electron chi connectivity index (χ0n) is 15.1. The van der Waals surface area contributed by atoms with Crippen molar-refractivity contribution >= 4 is 27.3 Å². The summed E-state index contributed by atoms with van der Waals surface area (Å²) in [6.45, 7) is 0. The van der Waals surface area contributed by atoms with Gasteiger partial charge in [0, 0.05) is 16.8 Å². The molecule has 0 bridgehead atoms. The molecule has 0 aliphatic heterocycles. The summed E-state index contributed by atoms with van der Waals surface area (Å²) in [4.78, 5) is 2.84. The van der Waals surface area contributed by atoms with Crippen molar-refractivity contribution in [3.05, 3.63) is 65.8 Å². The number of H-pyrrole nitrogens is 1. The molecule has 29 heavy (non-hydrogen) atoms. The third kappa shape index (κ3) is 3.96. The van der Waals surface area contributed by atoms with Gasteiger partial charge in [-0.3, -0.25) is 4.72 Å². The summed E-state index contributed by atoms with van der Waals surface area (Å²) in [5, 5.41) is 8.35. The molecule has 0 atom stereocenters. The van der Waals surface area contributed by atoms with Crippen LogP contribution < -0.4 is 9.46 Å². The fourth-order valence-corrected chi connectivity index (χ4v) is 3.87. The molecule has 2 aromatic heterocycles. The molecule has 0 aliphatic rings. The monoisotopic (exact) mass is 430 g/mol. The normalized spacial score (nSPS) is 11.4. The number of benzene rings is 2. The first kappa shape index (κ1) is 19.0. The molecular formula is C19H15ClN4O4S. The van der Waals surface area contributed by atoms with Crippen molar-refractivity contribution in [3.8, 4) is 28.8 Å². The lowest BCUT2D eigenvalue weighted by Crippen LogP contribution is -2.12. The molecule has 0 amide bonds. The Balaban J connectivity index is 1.61. The van der Waals surface area contributed by atoms with Crippen LogP contribution in [0.1, 0.15) is 0 Å². The fourth-order valence-electron chi connectivity index (χ4n) is 2.65. The number of hydrogen-bond acceptors (Lipinski definition) is 6. The maximum absolute atomic E-state index is 12.8. The van der Waals surface area contributed by atoms with Crippen molar-refractivity contribution < 1.29 is 17.6 Å². The Morgan fingerprint density at radius 2 is 1.83 bits per heavy atom. The predicted molar refractivity (Wildman–Crippen MR) is 108 cm³/mol. The molecule has 148 valence electrons. The van der Waals surface area contributed by atoms with Crippen LogP contribution in [0.2, 0.25) is 5.02 Å². The number of nitrogens with zero attached hydrogens (tertiary/aromatic N) is 2. The van der Waals surface area contributed by atoms with Gasteiger partial charge in [-0.2, -0.15) is 0 Å². The average Bonchev–Trinajstić information content (AvgIpc) is 3.39. The average molecular weight is 431 g/mol. The van der Waals surface area contributed by atoms with E-state index in [1.54, 1.807) is 12.1 Å². The molecule has 8 nitrogen and oxygen atoms in total. The molecular weight excluding hydrogens is 416 g/mol. The third-order valence-electron chi connectivity index (χ3n) is 4.05. The highest BCUT2D eigenvalue weighted by molar-refractivity contribution is 7.92. The van der Waals surface area contributed by atoms with Crippen LogP contribution in [-0.4, -0.2) is 30.7 Å². The lowest BCUT2D eigenvalue weighted by Gasteiger charge is -2.11. The Labute approximate surface area is 171 Å². The summed E-state index contributed by atoms with van der Waals surface area (Å²) >= 11 is 5.96. The van der Waals surface area contributed by atoms with Gasteiger partial charge in [-0.15, -0.1) is 10.2 Å². The van der Waals surface area contributed by atoms with Gasteiger partial charge in [0.2, 0.25) is 5.89 Å². The number of methoxy groups -OCH3 is 1. The molecule has 0 saturated carbocycles. The van der Waals surface area contributed by atoms with Crippen molar-refractivity contribution in [1.82, 2.24) is 15.2 Å². The van der Waals surface area contributed by atoms with Gasteiger partial charge in [-0.25, -0.2) is 8.42 Å². The Morgan fingerprint density at radius 3 is 2.59 bits per heavy atom. The Hall–Kier alpha value is -3.30. The van der Waals surface area contributed by atoms with Gasteiger partial charge in [-0.1, -0.05) is 29.8 Å². The second kappa shape index (κ2) is 7.61. The summed E-state index contributed by atoms with van der Waals surface area (Å²) in [6, 6.07) is 15.3. The maximum Gasteiger partial charge on any atom is 0.264 e. The van der Waals surface area contributed by atoms with Gasteiger partial charge in [0.15, 0.2) is 0 Å². The topological polar surface area (TPSA) is 110 Å². The van der Waals surface area contributed by atoms with Crippen LogP contribution in [0.4, 0.5) is 5.69 Å². The number of aromatic nitrogens is 3. The van der Waals surface area contributed by atoms with E-state index in [2.05, 4.69) is 19.9 Å². The van der Waals surface area contributed by atoms with Gasteiger partial charge >= 0.3 is 0 Å². The van der Waals surface area contributed by atoms with Crippen molar-refractivity contribution in [1.29, 1.82) is 0 Å². The highest BCUT2D eigenvalue weighted by Crippen LogP contribution is 2.31. The van der Waals surface area contributed by atoms with Gasteiger partial charge in [0.05, 0.1) is 12.8 Å². The lowest BCUT2D eigenvalue weighted by molar-refractivity contribution is 0.417. The molecule has 2 N–H and O–H groups in total. The quantitative estimate of drug-likeness (QED) is 0.474. The Kier molecular flexibility index (Phi) is 4.99. The van der Waals surface area contributed by atoms with Gasteiger partial charge in [-0.05, 0) is 36.4 Å². The van der Waals surface area contributed by atoms with E-state index in [1.165, 1.54) is 25.4 Å². The van der Waals surface area contributed by atoms with Crippen molar-refractivity contribution in [2.24, 2.45) is 0 Å². The highest BCUT2D eigenvalue weighted by atomic mass is 35.5. The number of sulfonamides is 1. The highest BCUT2D eigenvalue weighted by Gasteiger charge is 2.21. The van der Waals surface area contributed by atoms with Crippen LogP contribution in [0.15, 0.2) is 70.1 Å². The first-order chi connectivity index (χ1) is 14.0. The summed E-state index contributed by atoms with van der Waals surface area (Å²) in [7, 11) is -2.47. The molecule has 0 saturated heterocycles. The van der Waals surface area contributed by atoms with Crippen LogP contribution in [-0.2, 0) is 10.0 Å². The molecule has 0 unspecified atom stereocenters. The van der Waals surface area contributed by atoms with Crippen molar-refractivity contribution in [2.45, 2.75) is 4.90 Å². The van der Waals surface area contributed by atoms with Gasteiger partial charge in [0.1, 0.15) is 16.3 Å². The second-order valence-corrected chi connectivity index (χ2v) is 8.10. The maximum atomic E-state index is 12.8. The van der Waals surface area contributed by atoms with E-state index in [9.17, 15) is 8.42 Å². The number of nitrogens with one attached hydrogen (secondary N) is 2. The molecule has 0 fully saturated rings. The number of hydrogen-bond donors (Lipinski definition) is 2. The molecule has 2 aromatic carbocycles. The molecule has 4 aromatic rings. The standard InChI is InChI=1S/C19H15ClN4O4S/c1-27-17-8-7-13(20)9-15(17)24-29(25,26)14-10-16(21-11-14)19-23-22-18(28-19)12-5-3-2-4-6-12/h2-11,21,24H,1H3. The SMILES string of the molecule is COc1ccc(Cl)cc1NS(=O)(=O)c1c[nH]c(-c2nnc(-c3ccccc3)o2)c1. The summed E-state index contributed by atoms with van der Waals surface area (Å²) in [5.74, 6) is 0.852. The van der Waals surface area contributed by atoms with E-state index in [4.69, 9.17) is 20.8 Å². The smallest absolute Gasteiger partial charge is 0.264 e. The second-order valence-electron chi connectivity index (χ2n) is 5.98. The van der Waals surface area contributed by atoms with E-state index >= 15 is 0 Å². The van der Waals surface area contributed by atoms with E-state index in [0.29, 0.717) is 22.4 Å². The minimum absolute atomic E-state index is 0.00557. The van der Waals surface area contributed by atoms with Crippen LogP contribution in [0.3, 0.4) is 0 Å². The minimum atomic E-state index is -3.90. The van der Waals surface area contributed by atoms with E-state index in [1.807, 2.05) is 30.3 Å². The third-order valence-corrected chi connectivity index (χ3v) is 5.63. The molecule has 2 heterocycles. The number of ether oxygens (including phenoxy) is 1. The summed E-state index contributed by atoms with van der Waals surface area (Å²) in [5.41, 5.74) is 1.37. The number of anilines is 1. The van der Waals surface area contributed by atoms with Crippen molar-refractivity contribution in [2.75, 3.05) is 11.8 Å². The number of rotatable bonds is 6. The van der Waals surface area contributed by atoms with Crippen molar-refractivity contribution in [3.63, 3.8) is 0 Å². The van der Waals surface area contributed by atoms with E-state index < -0.39 is 10.0 Å². The molecule has 0 radical (unpaired) electrons. The van der Waals surface area contributed by atoms with Gasteiger partial charge in [0.25, 0.3) is 15.9 Å². The first-order valence-corrected chi connectivity index (χ1v) is 10.3. The minimum Gasteiger partial charge on any atom is -0.495 e. The predicted octanol–water partition coefficient (Wildman–Crippen LogP) is 4.19. The zero-order valence-corrected chi connectivity index (χ0v) is 16.7. The summed E-state index contributed by atoms with van der Waals surface area (Å²) in [6.07, 6.45) is 1.33. The molecule has 0 spiro atoms. The fraction of sp³-hybridized carbons (Fsp3) is 0.0526.